The summed E-state index contributed by atoms with van der Waals surface area (Å²) < 4.78 is 43.5. The van der Waals surface area contributed by atoms with E-state index in [1.807, 2.05) is 6.92 Å². The number of allylic oxidation sites excluding steroid dienone is 2. The Morgan fingerprint density at radius 1 is 1.06 bits per heavy atom. The van der Waals surface area contributed by atoms with Crippen molar-refractivity contribution >= 4 is 35.1 Å². The molecule has 2 fully saturated rings. The van der Waals surface area contributed by atoms with Gasteiger partial charge in [-0.2, -0.15) is 13.2 Å². The van der Waals surface area contributed by atoms with Crippen LogP contribution in [0.25, 0.3) is 0 Å². The Balaban J connectivity index is 1.23. The number of alkyl halides is 3. The van der Waals surface area contributed by atoms with Crippen molar-refractivity contribution in [3.63, 3.8) is 0 Å². The fourth-order valence-electron chi connectivity index (χ4n) is 5.49. The molecule has 2 aliphatic carbocycles. The number of hydrogen-bond donors (Lipinski definition) is 1. The van der Waals surface area contributed by atoms with Crippen LogP contribution in [0.4, 0.5) is 24.5 Å². The second kappa shape index (κ2) is 8.61. The van der Waals surface area contributed by atoms with Gasteiger partial charge in [-0.25, -0.2) is 9.69 Å². The fraction of sp³-hybridized carbons (Fsp3) is 0.308. The molecule has 0 unspecified atom stereocenters. The number of amides is 3. The number of hydrogen-bond acceptors (Lipinski definition) is 5. The summed E-state index contributed by atoms with van der Waals surface area (Å²) in [5.74, 6) is -2.94. The van der Waals surface area contributed by atoms with Gasteiger partial charge in [0.1, 0.15) is 0 Å². The molecule has 4 atom stereocenters. The highest BCUT2D eigenvalue weighted by Gasteiger charge is 2.60. The number of ether oxygens (including phenoxy) is 1. The topological polar surface area (TPSA) is 92.8 Å². The molecular formula is C26H21F3N2O5. The van der Waals surface area contributed by atoms with E-state index in [1.54, 1.807) is 6.07 Å². The van der Waals surface area contributed by atoms with E-state index >= 15 is 0 Å². The lowest BCUT2D eigenvalue weighted by Crippen LogP contribution is -2.33. The van der Waals surface area contributed by atoms with Gasteiger partial charge in [-0.05, 0) is 61.6 Å². The van der Waals surface area contributed by atoms with Gasteiger partial charge in [0.2, 0.25) is 11.8 Å². The van der Waals surface area contributed by atoms with E-state index in [9.17, 15) is 32.3 Å². The quantitative estimate of drug-likeness (QED) is 0.379. The molecule has 1 saturated heterocycles. The molecule has 186 valence electrons. The minimum absolute atomic E-state index is 0.0225. The molecular weight excluding hydrogens is 477 g/mol. The molecule has 0 aromatic heterocycles. The molecule has 3 amide bonds. The number of halogens is 3. The first kappa shape index (κ1) is 23.8. The molecule has 2 bridgehead atoms. The van der Waals surface area contributed by atoms with Crippen molar-refractivity contribution in [2.45, 2.75) is 19.5 Å². The van der Waals surface area contributed by atoms with E-state index in [-0.39, 0.29) is 52.4 Å². The first-order valence-corrected chi connectivity index (χ1v) is 11.3. The van der Waals surface area contributed by atoms with E-state index in [2.05, 4.69) is 11.4 Å². The maximum absolute atomic E-state index is 13.1. The summed E-state index contributed by atoms with van der Waals surface area (Å²) in [4.78, 5) is 52.0. The van der Waals surface area contributed by atoms with Gasteiger partial charge in [-0.3, -0.25) is 14.4 Å². The molecule has 1 N–H and O–H groups in total. The number of carbonyl (C=O) groups excluding carboxylic acids is 4. The van der Waals surface area contributed by atoms with E-state index in [4.69, 9.17) is 4.74 Å². The number of rotatable bonds is 5. The number of fused-ring (bicyclic) bond motifs is 5. The zero-order chi connectivity index (χ0) is 25.8. The maximum atomic E-state index is 13.1. The summed E-state index contributed by atoms with van der Waals surface area (Å²) >= 11 is 0. The lowest BCUT2D eigenvalue weighted by molar-refractivity contribution is -0.137. The minimum Gasteiger partial charge on any atom is -0.452 e. The Labute approximate surface area is 203 Å². The molecule has 1 heterocycles. The number of nitrogens with zero attached hydrogens (tertiary/aromatic N) is 1. The molecule has 36 heavy (non-hydrogen) atoms. The Hall–Kier alpha value is -3.95. The summed E-state index contributed by atoms with van der Waals surface area (Å²) in [5.41, 5.74) is 0.380. The second-order valence-corrected chi connectivity index (χ2v) is 9.23. The lowest BCUT2D eigenvalue weighted by Gasteiger charge is -2.19. The first-order valence-electron chi connectivity index (χ1n) is 11.3. The third-order valence-electron chi connectivity index (χ3n) is 7.03. The number of benzene rings is 2. The second-order valence-electron chi connectivity index (χ2n) is 9.23. The molecule has 2 aromatic carbocycles. The Morgan fingerprint density at radius 2 is 1.78 bits per heavy atom. The van der Waals surface area contributed by atoms with Crippen molar-refractivity contribution in [1.82, 2.24) is 0 Å². The third kappa shape index (κ3) is 4.06. The Bertz CT molecular complexity index is 1320. The van der Waals surface area contributed by atoms with E-state index in [0.717, 1.165) is 35.1 Å². The first-order chi connectivity index (χ1) is 17.0. The van der Waals surface area contributed by atoms with Crippen molar-refractivity contribution < 1.29 is 37.1 Å². The van der Waals surface area contributed by atoms with E-state index in [0.29, 0.717) is 0 Å². The van der Waals surface area contributed by atoms with Crippen molar-refractivity contribution in [3.05, 3.63) is 71.3 Å². The van der Waals surface area contributed by atoms with Gasteiger partial charge in [0.15, 0.2) is 6.61 Å². The minimum atomic E-state index is -4.57. The Morgan fingerprint density at radius 3 is 2.53 bits per heavy atom. The smallest absolute Gasteiger partial charge is 0.416 e. The molecule has 1 saturated carbocycles. The van der Waals surface area contributed by atoms with Crippen LogP contribution in [0.2, 0.25) is 0 Å². The van der Waals surface area contributed by atoms with Gasteiger partial charge in [0.25, 0.3) is 5.91 Å². The normalized spacial score (nSPS) is 24.6. The molecule has 7 nitrogen and oxygen atoms in total. The Kier molecular flexibility index (Phi) is 5.69. The highest BCUT2D eigenvalue weighted by atomic mass is 19.4. The molecule has 5 rings (SSSR count). The van der Waals surface area contributed by atoms with Gasteiger partial charge in [-0.15, -0.1) is 0 Å². The summed E-state index contributed by atoms with van der Waals surface area (Å²) in [6.07, 6.45) is -1.69. The number of imide groups is 1. The van der Waals surface area contributed by atoms with Gasteiger partial charge >= 0.3 is 12.1 Å². The molecule has 2 aromatic rings. The average Bonchev–Trinajstić information content (AvgIpc) is 3.47. The number of nitrogens with one attached hydrogen (secondary N) is 1. The van der Waals surface area contributed by atoms with Crippen LogP contribution in [-0.4, -0.2) is 30.3 Å². The van der Waals surface area contributed by atoms with Crippen LogP contribution in [0.1, 0.15) is 29.3 Å². The largest absolute Gasteiger partial charge is 0.452 e. The summed E-state index contributed by atoms with van der Waals surface area (Å²) in [6.45, 7) is 1.24. The van der Waals surface area contributed by atoms with Crippen LogP contribution in [0, 0.1) is 23.7 Å². The van der Waals surface area contributed by atoms with Crippen LogP contribution < -0.4 is 10.2 Å². The standard InChI is InChI=1S/C26H21F3N2O5/c1-13-8-15-10-19(13)22-21(15)23(33)31(24(22)34)18-7-2-4-14(9-18)25(35)36-12-20(32)30-17-6-3-5-16(11-17)26(27,28)29/h2-9,11,15,19,21-22H,10,12H2,1H3,(H,30,32)/t15-,19+,21+,22+/m0/s1. The lowest BCUT2D eigenvalue weighted by atomic mass is 9.82. The van der Waals surface area contributed by atoms with E-state index in [1.165, 1.54) is 24.3 Å². The molecule has 3 aliphatic rings. The molecule has 0 radical (unpaired) electrons. The summed E-state index contributed by atoms with van der Waals surface area (Å²) in [5, 5.41) is 2.25. The van der Waals surface area contributed by atoms with Crippen LogP contribution in [-0.2, 0) is 25.3 Å². The van der Waals surface area contributed by atoms with Crippen molar-refractivity contribution in [2.24, 2.45) is 23.7 Å². The summed E-state index contributed by atoms with van der Waals surface area (Å²) in [7, 11) is 0. The van der Waals surface area contributed by atoms with Crippen molar-refractivity contribution in [3.8, 4) is 0 Å². The predicted octanol–water partition coefficient (Wildman–Crippen LogP) is 4.20. The third-order valence-corrected chi connectivity index (χ3v) is 7.03. The molecule has 1 aliphatic heterocycles. The van der Waals surface area contributed by atoms with Crippen molar-refractivity contribution in [1.29, 1.82) is 0 Å². The van der Waals surface area contributed by atoms with Crippen LogP contribution in [0.3, 0.4) is 0 Å². The number of anilines is 2. The number of esters is 1. The number of carbonyl (C=O) groups is 4. The molecule has 0 spiro atoms. The highest BCUT2D eigenvalue weighted by Crippen LogP contribution is 2.55. The SMILES string of the molecule is CC1=C[C@H]2C[C@H]1[C@H]1C(=O)N(c3cccc(C(=O)OCC(=O)Nc4cccc(C(F)(F)F)c4)c3)C(=O)[C@@H]12. The van der Waals surface area contributed by atoms with Gasteiger partial charge < -0.3 is 10.1 Å². The van der Waals surface area contributed by atoms with Gasteiger partial charge in [0.05, 0.1) is 28.7 Å². The van der Waals surface area contributed by atoms with Gasteiger partial charge in [0, 0.05) is 5.69 Å². The zero-order valence-corrected chi connectivity index (χ0v) is 19.0. The average molecular weight is 498 g/mol. The highest BCUT2D eigenvalue weighted by molar-refractivity contribution is 6.23. The maximum Gasteiger partial charge on any atom is 0.416 e. The zero-order valence-electron chi connectivity index (χ0n) is 19.0. The van der Waals surface area contributed by atoms with Crippen LogP contribution in [0.5, 0.6) is 0 Å². The molecule has 10 heteroatoms. The fourth-order valence-corrected chi connectivity index (χ4v) is 5.49. The van der Waals surface area contributed by atoms with Crippen molar-refractivity contribution in [2.75, 3.05) is 16.8 Å². The van der Waals surface area contributed by atoms with E-state index < -0.39 is 30.2 Å². The van der Waals surface area contributed by atoms with Crippen LogP contribution in [0.15, 0.2) is 60.2 Å². The predicted molar refractivity (Wildman–Crippen MR) is 122 cm³/mol. The van der Waals surface area contributed by atoms with Gasteiger partial charge in [-0.1, -0.05) is 23.8 Å². The summed E-state index contributed by atoms with van der Waals surface area (Å²) in [6, 6.07) is 9.89. The van der Waals surface area contributed by atoms with Crippen LogP contribution >= 0.6 is 0 Å². The monoisotopic (exact) mass is 498 g/mol.